The molecule has 7 heteroatoms. The van der Waals surface area contributed by atoms with Crippen molar-refractivity contribution in [3.05, 3.63) is 65.0 Å². The molecule has 0 radical (unpaired) electrons. The van der Waals surface area contributed by atoms with Crippen LogP contribution in [0.1, 0.15) is 34.3 Å². The van der Waals surface area contributed by atoms with E-state index in [0.29, 0.717) is 30.9 Å². The van der Waals surface area contributed by atoms with Crippen molar-refractivity contribution in [2.24, 2.45) is 0 Å². The Balaban J connectivity index is 1.33. The molecule has 1 unspecified atom stereocenters. The lowest BCUT2D eigenvalue weighted by molar-refractivity contribution is 0.0587. The van der Waals surface area contributed by atoms with Crippen molar-refractivity contribution in [2.75, 3.05) is 25.5 Å². The summed E-state index contributed by atoms with van der Waals surface area (Å²) in [5, 5.41) is 2.84. The summed E-state index contributed by atoms with van der Waals surface area (Å²) in [4.78, 5) is 28.4. The molecule has 1 fully saturated rings. The Labute approximate surface area is 169 Å². The summed E-state index contributed by atoms with van der Waals surface area (Å²) in [6.45, 7) is 2.17. The minimum absolute atomic E-state index is 0.0737. The Bertz CT molecular complexity index is 910. The van der Waals surface area contributed by atoms with E-state index in [4.69, 9.17) is 4.74 Å². The van der Waals surface area contributed by atoms with E-state index in [1.165, 1.54) is 12.1 Å². The number of benzene rings is 2. The van der Waals surface area contributed by atoms with Crippen molar-refractivity contribution < 1.29 is 18.7 Å². The van der Waals surface area contributed by atoms with Crippen LogP contribution in [0.15, 0.2) is 42.5 Å². The van der Waals surface area contributed by atoms with Gasteiger partial charge in [-0.1, -0.05) is 6.07 Å². The number of carbonyl (C=O) groups is 2. The molecule has 6 nitrogen and oxygen atoms in total. The second-order valence-electron chi connectivity index (χ2n) is 7.60. The number of likely N-dealkylation sites (N-methyl/N-ethyl adjacent to an activating group) is 1. The number of hydrogen-bond acceptors (Lipinski definition) is 3. The van der Waals surface area contributed by atoms with Crippen LogP contribution < -0.4 is 5.32 Å². The van der Waals surface area contributed by atoms with E-state index >= 15 is 0 Å². The van der Waals surface area contributed by atoms with Crippen molar-refractivity contribution in [2.45, 2.75) is 32.0 Å². The van der Waals surface area contributed by atoms with Gasteiger partial charge in [0.15, 0.2) is 0 Å². The Kier molecular flexibility index (Phi) is 5.49. The van der Waals surface area contributed by atoms with E-state index in [-0.39, 0.29) is 23.9 Å². The first kappa shape index (κ1) is 19.4. The third-order valence-corrected chi connectivity index (χ3v) is 5.41. The summed E-state index contributed by atoms with van der Waals surface area (Å²) in [7, 11) is 1.77. The Morgan fingerprint density at radius 2 is 1.93 bits per heavy atom. The normalized spacial score (nSPS) is 17.9. The van der Waals surface area contributed by atoms with E-state index < -0.39 is 0 Å². The number of fused-ring (bicyclic) bond motifs is 1. The van der Waals surface area contributed by atoms with Crippen molar-refractivity contribution in [1.82, 2.24) is 9.80 Å². The summed E-state index contributed by atoms with van der Waals surface area (Å²) in [6.07, 6.45) is 2.13. The van der Waals surface area contributed by atoms with E-state index in [1.807, 2.05) is 0 Å². The predicted octanol–water partition coefficient (Wildman–Crippen LogP) is 3.62. The average molecular weight is 397 g/mol. The number of nitrogens with zero attached hydrogens (tertiary/aromatic N) is 2. The standard InChI is InChI=1S/C22H24FN3O3/c1-25(14-20-3-2-10-29-20)21(27)15-5-8-19(9-6-15)24-22(28)26-12-16-4-7-18(23)11-17(16)13-26/h4-9,11,20H,2-3,10,12-14H2,1H3,(H,24,28). The van der Waals surface area contributed by atoms with Gasteiger partial charge in [0.2, 0.25) is 0 Å². The first-order valence-electron chi connectivity index (χ1n) is 9.80. The van der Waals surface area contributed by atoms with Gasteiger partial charge >= 0.3 is 6.03 Å². The number of amides is 3. The first-order valence-corrected chi connectivity index (χ1v) is 9.80. The molecular weight excluding hydrogens is 373 g/mol. The molecular formula is C22H24FN3O3. The summed E-state index contributed by atoms with van der Waals surface area (Å²) < 4.78 is 18.9. The maximum Gasteiger partial charge on any atom is 0.322 e. The van der Waals surface area contributed by atoms with Crippen LogP contribution in [-0.2, 0) is 17.8 Å². The van der Waals surface area contributed by atoms with Crippen LogP contribution >= 0.6 is 0 Å². The van der Waals surface area contributed by atoms with Crippen molar-refractivity contribution in [3.63, 3.8) is 0 Å². The van der Waals surface area contributed by atoms with Gasteiger partial charge in [-0.15, -0.1) is 0 Å². The number of hydrogen-bond donors (Lipinski definition) is 1. The number of ether oxygens (including phenoxy) is 1. The molecule has 0 saturated carbocycles. The number of halogens is 1. The minimum Gasteiger partial charge on any atom is -0.376 e. The van der Waals surface area contributed by atoms with Gasteiger partial charge in [0.1, 0.15) is 5.82 Å². The van der Waals surface area contributed by atoms with Gasteiger partial charge in [-0.3, -0.25) is 4.79 Å². The van der Waals surface area contributed by atoms with Crippen LogP contribution in [0.4, 0.5) is 14.9 Å². The molecule has 2 aromatic carbocycles. The van der Waals surface area contributed by atoms with Crippen molar-refractivity contribution in [1.29, 1.82) is 0 Å². The van der Waals surface area contributed by atoms with E-state index in [9.17, 15) is 14.0 Å². The highest BCUT2D eigenvalue weighted by atomic mass is 19.1. The fourth-order valence-corrected chi connectivity index (χ4v) is 3.80. The zero-order valence-electron chi connectivity index (χ0n) is 16.4. The summed E-state index contributed by atoms with van der Waals surface area (Å²) in [5.41, 5.74) is 2.95. The number of rotatable bonds is 4. The number of urea groups is 1. The lowest BCUT2D eigenvalue weighted by Crippen LogP contribution is -2.34. The second kappa shape index (κ2) is 8.21. The molecule has 0 aromatic heterocycles. The van der Waals surface area contributed by atoms with Crippen molar-refractivity contribution in [3.8, 4) is 0 Å². The fraction of sp³-hybridized carbons (Fsp3) is 0.364. The minimum atomic E-state index is -0.296. The molecule has 4 rings (SSSR count). The number of carbonyl (C=O) groups excluding carboxylic acids is 2. The van der Waals surface area contributed by atoms with Gasteiger partial charge in [-0.25, -0.2) is 9.18 Å². The SMILES string of the molecule is CN(CC1CCCO1)C(=O)c1ccc(NC(=O)N2Cc3ccc(F)cc3C2)cc1. The molecule has 0 aliphatic carbocycles. The highest BCUT2D eigenvalue weighted by molar-refractivity contribution is 5.95. The average Bonchev–Trinajstić information content (AvgIpc) is 3.37. The molecule has 0 bridgehead atoms. The second-order valence-corrected chi connectivity index (χ2v) is 7.60. The van der Waals surface area contributed by atoms with Crippen LogP contribution in [-0.4, -0.2) is 48.0 Å². The Morgan fingerprint density at radius 3 is 2.66 bits per heavy atom. The molecule has 1 N–H and O–H groups in total. The number of nitrogens with one attached hydrogen (secondary N) is 1. The molecule has 152 valence electrons. The maximum absolute atomic E-state index is 13.4. The Hall–Kier alpha value is -2.93. The third-order valence-electron chi connectivity index (χ3n) is 5.41. The van der Waals surface area contributed by atoms with Gasteiger partial charge in [0.05, 0.1) is 6.10 Å². The highest BCUT2D eigenvalue weighted by Crippen LogP contribution is 2.24. The topological polar surface area (TPSA) is 61.9 Å². The van der Waals surface area contributed by atoms with E-state index in [1.54, 1.807) is 47.2 Å². The summed E-state index contributed by atoms with van der Waals surface area (Å²) in [6, 6.07) is 11.2. The fourth-order valence-electron chi connectivity index (χ4n) is 3.80. The maximum atomic E-state index is 13.4. The van der Waals surface area contributed by atoms with Gasteiger partial charge in [0, 0.05) is 44.5 Å². The van der Waals surface area contributed by atoms with E-state index in [2.05, 4.69) is 5.32 Å². The Morgan fingerprint density at radius 1 is 1.17 bits per heavy atom. The molecule has 3 amide bonds. The smallest absolute Gasteiger partial charge is 0.322 e. The molecule has 29 heavy (non-hydrogen) atoms. The molecule has 1 saturated heterocycles. The quantitative estimate of drug-likeness (QED) is 0.857. The van der Waals surface area contributed by atoms with Gasteiger partial charge in [-0.2, -0.15) is 0 Å². The predicted molar refractivity (Wildman–Crippen MR) is 107 cm³/mol. The molecule has 2 aromatic rings. The van der Waals surface area contributed by atoms with Crippen LogP contribution in [0.3, 0.4) is 0 Å². The zero-order valence-corrected chi connectivity index (χ0v) is 16.4. The molecule has 1 atom stereocenters. The third kappa shape index (κ3) is 4.40. The summed E-state index contributed by atoms with van der Waals surface area (Å²) in [5.74, 6) is -0.369. The zero-order chi connectivity index (χ0) is 20.4. The highest BCUT2D eigenvalue weighted by Gasteiger charge is 2.24. The summed E-state index contributed by atoms with van der Waals surface area (Å²) >= 11 is 0. The largest absolute Gasteiger partial charge is 0.376 e. The van der Waals surface area contributed by atoms with E-state index in [0.717, 1.165) is 30.6 Å². The van der Waals surface area contributed by atoms with Gasteiger partial charge in [-0.05, 0) is 60.4 Å². The van der Waals surface area contributed by atoms with Gasteiger partial charge in [0.25, 0.3) is 5.91 Å². The molecule has 0 spiro atoms. The lowest BCUT2D eigenvalue weighted by Gasteiger charge is -2.21. The lowest BCUT2D eigenvalue weighted by atomic mass is 10.1. The molecule has 2 aliphatic heterocycles. The van der Waals surface area contributed by atoms with Crippen LogP contribution in [0.5, 0.6) is 0 Å². The van der Waals surface area contributed by atoms with Crippen LogP contribution in [0.2, 0.25) is 0 Å². The monoisotopic (exact) mass is 397 g/mol. The first-order chi connectivity index (χ1) is 14.0. The van der Waals surface area contributed by atoms with Crippen molar-refractivity contribution >= 4 is 17.6 Å². The van der Waals surface area contributed by atoms with Gasteiger partial charge < -0.3 is 19.9 Å². The molecule has 2 aliphatic rings. The number of anilines is 1. The van der Waals surface area contributed by atoms with Crippen LogP contribution in [0.25, 0.3) is 0 Å². The van der Waals surface area contributed by atoms with Crippen LogP contribution in [0, 0.1) is 5.82 Å². The molecule has 2 heterocycles.